The quantitative estimate of drug-likeness (QED) is 0.910. The van der Waals surface area contributed by atoms with Gasteiger partial charge in [0.15, 0.2) is 0 Å². The molecule has 1 aromatic rings. The van der Waals surface area contributed by atoms with E-state index in [1.54, 1.807) is 0 Å². The van der Waals surface area contributed by atoms with Crippen molar-refractivity contribution in [3.63, 3.8) is 0 Å². The Morgan fingerprint density at radius 1 is 1.28 bits per heavy atom. The Bertz CT molecular complexity index is 360. The third kappa shape index (κ3) is 3.22. The lowest BCUT2D eigenvalue weighted by atomic mass is 10.1. The lowest BCUT2D eigenvalue weighted by Crippen LogP contribution is -2.21. The zero-order valence-corrected chi connectivity index (χ0v) is 11.2. The van der Waals surface area contributed by atoms with Crippen molar-refractivity contribution in [1.29, 1.82) is 0 Å². The van der Waals surface area contributed by atoms with Gasteiger partial charge in [0.25, 0.3) is 0 Å². The van der Waals surface area contributed by atoms with Crippen molar-refractivity contribution < 1.29 is 9.26 Å². The molecule has 3 rings (SSSR count). The van der Waals surface area contributed by atoms with Crippen molar-refractivity contribution in [1.82, 2.24) is 15.5 Å². The number of hydrogen-bond acceptors (Lipinski definition) is 5. The summed E-state index contributed by atoms with van der Waals surface area (Å²) in [4.78, 5) is 4.42. The van der Waals surface area contributed by atoms with Crippen molar-refractivity contribution >= 4 is 12.4 Å². The monoisotopic (exact) mass is 273 g/mol. The van der Waals surface area contributed by atoms with Gasteiger partial charge in [0.1, 0.15) is 6.10 Å². The number of rotatable bonds is 4. The summed E-state index contributed by atoms with van der Waals surface area (Å²) in [7, 11) is 0. The van der Waals surface area contributed by atoms with Gasteiger partial charge < -0.3 is 14.6 Å². The van der Waals surface area contributed by atoms with Crippen LogP contribution in [0.4, 0.5) is 0 Å². The predicted molar refractivity (Wildman–Crippen MR) is 68.8 cm³/mol. The normalized spacial score (nSPS) is 27.3. The molecule has 3 heterocycles. The number of halogens is 1. The number of aromatic nitrogens is 2. The molecule has 0 saturated carbocycles. The van der Waals surface area contributed by atoms with E-state index in [0.717, 1.165) is 50.6 Å². The maximum atomic E-state index is 5.53. The van der Waals surface area contributed by atoms with Gasteiger partial charge in [-0.1, -0.05) is 5.16 Å². The molecular formula is C12H20ClN3O2. The molecule has 2 saturated heterocycles. The fourth-order valence-corrected chi connectivity index (χ4v) is 2.58. The zero-order chi connectivity index (χ0) is 11.5. The van der Waals surface area contributed by atoms with E-state index >= 15 is 0 Å². The third-order valence-corrected chi connectivity index (χ3v) is 3.57. The SMILES string of the molecule is C1CNC(CCc2nc(C3CCCO3)no2)C1.Cl. The standard InChI is InChI=1S/C12H19N3O2.ClH/c1-3-9(13-7-1)5-6-11-14-12(15-17-11)10-4-2-8-16-10;/h9-10,13H,1-8H2;1H. The van der Waals surface area contributed by atoms with Crippen LogP contribution in [0.1, 0.15) is 49.9 Å². The van der Waals surface area contributed by atoms with E-state index in [9.17, 15) is 0 Å². The Balaban J connectivity index is 0.00000120. The maximum Gasteiger partial charge on any atom is 0.226 e. The first-order chi connectivity index (χ1) is 8.42. The topological polar surface area (TPSA) is 60.2 Å². The number of aryl methyl sites for hydroxylation is 1. The highest BCUT2D eigenvalue weighted by atomic mass is 35.5. The second kappa shape index (κ2) is 6.50. The summed E-state index contributed by atoms with van der Waals surface area (Å²) < 4.78 is 10.8. The minimum atomic E-state index is 0. The number of hydrogen-bond donors (Lipinski definition) is 1. The maximum absolute atomic E-state index is 5.53. The minimum absolute atomic E-state index is 0. The largest absolute Gasteiger partial charge is 0.370 e. The Hall–Kier alpha value is -0.650. The molecule has 18 heavy (non-hydrogen) atoms. The average molecular weight is 274 g/mol. The summed E-state index contributed by atoms with van der Waals surface area (Å²) in [5.41, 5.74) is 0. The molecule has 0 aromatic carbocycles. The molecule has 102 valence electrons. The van der Waals surface area contributed by atoms with Crippen molar-refractivity contribution in [2.45, 2.75) is 50.7 Å². The van der Waals surface area contributed by atoms with Crippen molar-refractivity contribution in [2.24, 2.45) is 0 Å². The number of nitrogens with one attached hydrogen (secondary N) is 1. The van der Waals surface area contributed by atoms with Gasteiger partial charge in [-0.3, -0.25) is 0 Å². The van der Waals surface area contributed by atoms with Crippen LogP contribution in [-0.4, -0.2) is 29.3 Å². The third-order valence-electron chi connectivity index (χ3n) is 3.57. The van der Waals surface area contributed by atoms with E-state index in [4.69, 9.17) is 9.26 Å². The van der Waals surface area contributed by atoms with Gasteiger partial charge in [-0.15, -0.1) is 12.4 Å². The van der Waals surface area contributed by atoms with E-state index in [0.29, 0.717) is 6.04 Å². The lowest BCUT2D eigenvalue weighted by molar-refractivity contribution is 0.103. The second-order valence-corrected chi connectivity index (χ2v) is 4.88. The molecule has 0 amide bonds. The zero-order valence-electron chi connectivity index (χ0n) is 10.4. The summed E-state index contributed by atoms with van der Waals surface area (Å²) in [5.74, 6) is 1.49. The van der Waals surface area contributed by atoms with Gasteiger partial charge >= 0.3 is 0 Å². The fourth-order valence-electron chi connectivity index (χ4n) is 2.58. The molecule has 2 aliphatic heterocycles. The molecule has 0 bridgehead atoms. The summed E-state index contributed by atoms with van der Waals surface area (Å²) >= 11 is 0. The van der Waals surface area contributed by atoms with Crippen LogP contribution in [0.25, 0.3) is 0 Å². The molecule has 0 radical (unpaired) electrons. The summed E-state index contributed by atoms with van der Waals surface area (Å²) in [5, 5.41) is 7.49. The molecule has 2 aliphatic rings. The summed E-state index contributed by atoms with van der Waals surface area (Å²) in [6.07, 6.45) is 6.70. The van der Waals surface area contributed by atoms with Crippen LogP contribution < -0.4 is 5.32 Å². The molecule has 5 nitrogen and oxygen atoms in total. The van der Waals surface area contributed by atoms with E-state index < -0.39 is 0 Å². The highest BCUT2D eigenvalue weighted by Crippen LogP contribution is 2.26. The first-order valence-electron chi connectivity index (χ1n) is 6.59. The van der Waals surface area contributed by atoms with Crippen LogP contribution in [0.3, 0.4) is 0 Å². The molecule has 2 unspecified atom stereocenters. The van der Waals surface area contributed by atoms with E-state index in [1.807, 2.05) is 0 Å². The molecule has 2 fully saturated rings. The van der Waals surface area contributed by atoms with Gasteiger partial charge in [0.2, 0.25) is 11.7 Å². The van der Waals surface area contributed by atoms with Gasteiger partial charge in [0.05, 0.1) is 0 Å². The fraction of sp³-hybridized carbons (Fsp3) is 0.833. The van der Waals surface area contributed by atoms with Crippen LogP contribution in [-0.2, 0) is 11.2 Å². The van der Waals surface area contributed by atoms with Crippen LogP contribution in [0, 0.1) is 0 Å². The Kier molecular flexibility index (Phi) is 4.97. The van der Waals surface area contributed by atoms with Crippen LogP contribution in [0.2, 0.25) is 0 Å². The summed E-state index contributed by atoms with van der Waals surface area (Å²) in [6.45, 7) is 1.97. The van der Waals surface area contributed by atoms with E-state index in [1.165, 1.54) is 12.8 Å². The lowest BCUT2D eigenvalue weighted by Gasteiger charge is -2.06. The first kappa shape index (κ1) is 13.8. The van der Waals surface area contributed by atoms with Crippen molar-refractivity contribution in [3.8, 4) is 0 Å². The van der Waals surface area contributed by atoms with Gasteiger partial charge in [-0.05, 0) is 38.6 Å². The van der Waals surface area contributed by atoms with Crippen LogP contribution >= 0.6 is 12.4 Å². The van der Waals surface area contributed by atoms with Crippen LogP contribution in [0.15, 0.2) is 4.52 Å². The van der Waals surface area contributed by atoms with Crippen LogP contribution in [0.5, 0.6) is 0 Å². The van der Waals surface area contributed by atoms with Gasteiger partial charge in [-0.25, -0.2) is 0 Å². The molecule has 0 aliphatic carbocycles. The highest BCUT2D eigenvalue weighted by molar-refractivity contribution is 5.85. The smallest absolute Gasteiger partial charge is 0.226 e. The van der Waals surface area contributed by atoms with E-state index in [-0.39, 0.29) is 18.5 Å². The average Bonchev–Trinajstić information content (AvgIpc) is 3.09. The molecular weight excluding hydrogens is 254 g/mol. The van der Waals surface area contributed by atoms with Crippen molar-refractivity contribution in [2.75, 3.05) is 13.2 Å². The Morgan fingerprint density at radius 3 is 2.94 bits per heavy atom. The van der Waals surface area contributed by atoms with Gasteiger partial charge in [0, 0.05) is 19.1 Å². The first-order valence-corrected chi connectivity index (χ1v) is 6.59. The summed E-state index contributed by atoms with van der Waals surface area (Å²) in [6, 6.07) is 0.632. The van der Waals surface area contributed by atoms with Gasteiger partial charge in [-0.2, -0.15) is 4.98 Å². The second-order valence-electron chi connectivity index (χ2n) is 4.88. The molecule has 2 atom stereocenters. The minimum Gasteiger partial charge on any atom is -0.370 e. The number of ether oxygens (including phenoxy) is 1. The highest BCUT2D eigenvalue weighted by Gasteiger charge is 2.23. The molecule has 1 aromatic heterocycles. The Morgan fingerprint density at radius 2 is 2.22 bits per heavy atom. The molecule has 0 spiro atoms. The number of nitrogens with zero attached hydrogens (tertiary/aromatic N) is 2. The Labute approximate surface area is 113 Å². The predicted octanol–water partition coefficient (Wildman–Crippen LogP) is 2.03. The van der Waals surface area contributed by atoms with Crippen molar-refractivity contribution in [3.05, 3.63) is 11.7 Å². The van der Waals surface area contributed by atoms with E-state index in [2.05, 4.69) is 15.5 Å². The molecule has 1 N–H and O–H groups in total. The molecule has 6 heteroatoms.